The largest absolute Gasteiger partial charge is 0.446 e. The Morgan fingerprint density at radius 1 is 1.53 bits per heavy atom. The minimum absolute atomic E-state index is 0.318. The van der Waals surface area contributed by atoms with E-state index in [9.17, 15) is 0 Å². The maximum absolute atomic E-state index is 5.67. The third-order valence-electron chi connectivity index (χ3n) is 3.17. The van der Waals surface area contributed by atoms with Crippen LogP contribution in [0.3, 0.4) is 0 Å². The van der Waals surface area contributed by atoms with Crippen LogP contribution in [0, 0.1) is 12.3 Å². The summed E-state index contributed by atoms with van der Waals surface area (Å²) in [4.78, 5) is 4.49. The van der Waals surface area contributed by atoms with Crippen molar-refractivity contribution in [1.29, 1.82) is 0 Å². The number of oxazole rings is 1. The molecule has 2 N–H and O–H groups in total. The predicted octanol–water partition coefficient (Wildman–Crippen LogP) is 2.39. The summed E-state index contributed by atoms with van der Waals surface area (Å²) in [6, 6.07) is 0. The van der Waals surface area contributed by atoms with E-state index in [4.69, 9.17) is 10.2 Å². The smallest absolute Gasteiger partial charge is 0.191 e. The molecule has 0 bridgehead atoms. The molecule has 1 aliphatic carbocycles. The fourth-order valence-corrected chi connectivity index (χ4v) is 2.64. The minimum Gasteiger partial charge on any atom is -0.446 e. The summed E-state index contributed by atoms with van der Waals surface area (Å²) >= 11 is 0. The molecule has 3 nitrogen and oxygen atoms in total. The van der Waals surface area contributed by atoms with Crippen LogP contribution < -0.4 is 5.73 Å². The average molecular weight is 208 g/mol. The van der Waals surface area contributed by atoms with Crippen molar-refractivity contribution in [1.82, 2.24) is 4.98 Å². The monoisotopic (exact) mass is 208 g/mol. The molecule has 1 aromatic heterocycles. The van der Waals surface area contributed by atoms with Gasteiger partial charge in [-0.2, -0.15) is 0 Å². The molecule has 0 spiro atoms. The molecule has 0 aromatic carbocycles. The van der Waals surface area contributed by atoms with Crippen molar-refractivity contribution in [2.45, 2.75) is 46.0 Å². The third kappa shape index (κ3) is 2.07. The minimum atomic E-state index is 0.318. The summed E-state index contributed by atoms with van der Waals surface area (Å²) < 4.78 is 5.67. The lowest BCUT2D eigenvalue weighted by molar-refractivity contribution is 0.247. The lowest BCUT2D eigenvalue weighted by atomic mass is 9.72. The molecule has 0 aliphatic heterocycles. The molecule has 1 heterocycles. The SMILES string of the molecule is Cc1nc2c(o1)CC(C)(C)CC2CCN. The van der Waals surface area contributed by atoms with Crippen molar-refractivity contribution >= 4 is 0 Å². The molecular weight excluding hydrogens is 188 g/mol. The van der Waals surface area contributed by atoms with Gasteiger partial charge in [0.1, 0.15) is 5.76 Å². The van der Waals surface area contributed by atoms with Crippen LogP contribution in [-0.4, -0.2) is 11.5 Å². The Labute approximate surface area is 91.1 Å². The summed E-state index contributed by atoms with van der Waals surface area (Å²) in [5.74, 6) is 2.37. The van der Waals surface area contributed by atoms with E-state index >= 15 is 0 Å². The van der Waals surface area contributed by atoms with E-state index in [1.165, 1.54) is 6.42 Å². The number of nitrogens with zero attached hydrogens (tertiary/aromatic N) is 1. The van der Waals surface area contributed by atoms with Gasteiger partial charge in [0.05, 0.1) is 5.69 Å². The van der Waals surface area contributed by atoms with E-state index in [1.807, 2.05) is 6.92 Å². The second-order valence-corrected chi connectivity index (χ2v) is 5.36. The van der Waals surface area contributed by atoms with Gasteiger partial charge < -0.3 is 10.2 Å². The van der Waals surface area contributed by atoms with Crippen LogP contribution >= 0.6 is 0 Å². The van der Waals surface area contributed by atoms with Gasteiger partial charge in [-0.15, -0.1) is 0 Å². The van der Waals surface area contributed by atoms with Gasteiger partial charge in [-0.05, 0) is 24.8 Å². The Hall–Kier alpha value is -0.830. The van der Waals surface area contributed by atoms with Crippen LogP contribution in [0.25, 0.3) is 0 Å². The Morgan fingerprint density at radius 3 is 2.93 bits per heavy atom. The number of hydrogen-bond acceptors (Lipinski definition) is 3. The maximum atomic E-state index is 5.67. The van der Waals surface area contributed by atoms with Crippen LogP contribution in [0.2, 0.25) is 0 Å². The van der Waals surface area contributed by atoms with E-state index in [2.05, 4.69) is 18.8 Å². The van der Waals surface area contributed by atoms with Gasteiger partial charge in [0, 0.05) is 19.3 Å². The van der Waals surface area contributed by atoms with Crippen molar-refractivity contribution in [3.05, 3.63) is 17.3 Å². The maximum Gasteiger partial charge on any atom is 0.191 e. The zero-order valence-electron chi connectivity index (χ0n) is 9.84. The first-order valence-corrected chi connectivity index (χ1v) is 5.68. The second kappa shape index (κ2) is 3.63. The topological polar surface area (TPSA) is 52.0 Å². The van der Waals surface area contributed by atoms with Gasteiger partial charge >= 0.3 is 0 Å². The number of fused-ring (bicyclic) bond motifs is 1. The van der Waals surface area contributed by atoms with Crippen LogP contribution in [0.15, 0.2) is 4.42 Å². The normalized spacial score (nSPS) is 23.9. The predicted molar refractivity (Wildman–Crippen MR) is 59.8 cm³/mol. The molecular formula is C12H20N2O. The van der Waals surface area contributed by atoms with Crippen LogP contribution in [0.4, 0.5) is 0 Å². The molecule has 1 aromatic rings. The zero-order chi connectivity index (χ0) is 11.1. The van der Waals surface area contributed by atoms with Gasteiger partial charge in [0.15, 0.2) is 5.89 Å². The summed E-state index contributed by atoms with van der Waals surface area (Å²) in [5.41, 5.74) is 7.14. The molecule has 1 aliphatic rings. The Morgan fingerprint density at radius 2 is 2.27 bits per heavy atom. The van der Waals surface area contributed by atoms with Crippen LogP contribution in [-0.2, 0) is 6.42 Å². The van der Waals surface area contributed by atoms with Crippen molar-refractivity contribution < 1.29 is 4.42 Å². The average Bonchev–Trinajstić information content (AvgIpc) is 2.44. The van der Waals surface area contributed by atoms with Gasteiger partial charge in [0.25, 0.3) is 0 Å². The Balaban J connectivity index is 2.33. The van der Waals surface area contributed by atoms with E-state index < -0.39 is 0 Å². The highest BCUT2D eigenvalue weighted by Crippen LogP contribution is 2.43. The van der Waals surface area contributed by atoms with Gasteiger partial charge in [0.2, 0.25) is 0 Å². The van der Waals surface area contributed by atoms with Crippen molar-refractivity contribution in [3.8, 4) is 0 Å². The zero-order valence-corrected chi connectivity index (χ0v) is 9.84. The summed E-state index contributed by atoms with van der Waals surface area (Å²) in [7, 11) is 0. The van der Waals surface area contributed by atoms with Crippen molar-refractivity contribution in [2.24, 2.45) is 11.1 Å². The standard InChI is InChI=1S/C12H20N2O/c1-8-14-11-9(4-5-13)6-12(2,3)7-10(11)15-8/h9H,4-7,13H2,1-3H3. The third-order valence-corrected chi connectivity index (χ3v) is 3.17. The number of rotatable bonds is 2. The van der Waals surface area contributed by atoms with E-state index in [0.717, 1.165) is 36.7 Å². The summed E-state index contributed by atoms with van der Waals surface area (Å²) in [6.45, 7) is 7.23. The Bertz CT molecular complexity index is 355. The molecule has 0 amide bonds. The molecule has 2 rings (SSSR count). The number of aromatic nitrogens is 1. The van der Waals surface area contributed by atoms with Gasteiger partial charge in [-0.3, -0.25) is 0 Å². The lowest BCUT2D eigenvalue weighted by Gasteiger charge is -2.33. The quantitative estimate of drug-likeness (QED) is 0.812. The van der Waals surface area contributed by atoms with E-state index in [-0.39, 0.29) is 0 Å². The van der Waals surface area contributed by atoms with Crippen molar-refractivity contribution in [2.75, 3.05) is 6.54 Å². The molecule has 0 saturated heterocycles. The molecule has 1 atom stereocenters. The highest BCUT2D eigenvalue weighted by Gasteiger charge is 2.35. The van der Waals surface area contributed by atoms with Crippen molar-refractivity contribution in [3.63, 3.8) is 0 Å². The fourth-order valence-electron chi connectivity index (χ4n) is 2.64. The van der Waals surface area contributed by atoms with E-state index in [0.29, 0.717) is 11.3 Å². The van der Waals surface area contributed by atoms with Gasteiger partial charge in [-0.25, -0.2) is 4.98 Å². The molecule has 3 heteroatoms. The molecule has 0 fully saturated rings. The number of aryl methyl sites for hydroxylation is 1. The van der Waals surface area contributed by atoms with Crippen LogP contribution in [0.5, 0.6) is 0 Å². The first-order chi connectivity index (χ1) is 7.02. The molecule has 0 radical (unpaired) electrons. The van der Waals surface area contributed by atoms with Crippen LogP contribution in [0.1, 0.15) is 50.0 Å². The highest BCUT2D eigenvalue weighted by atomic mass is 16.4. The second-order valence-electron chi connectivity index (χ2n) is 5.36. The molecule has 15 heavy (non-hydrogen) atoms. The fraction of sp³-hybridized carbons (Fsp3) is 0.750. The molecule has 1 unspecified atom stereocenters. The highest BCUT2D eigenvalue weighted by molar-refractivity contribution is 5.21. The first-order valence-electron chi connectivity index (χ1n) is 5.68. The lowest BCUT2D eigenvalue weighted by Crippen LogP contribution is -2.26. The number of nitrogens with two attached hydrogens (primary N) is 1. The first kappa shape index (κ1) is 10.7. The molecule has 0 saturated carbocycles. The number of hydrogen-bond donors (Lipinski definition) is 1. The Kier molecular flexibility index (Phi) is 2.59. The summed E-state index contributed by atoms with van der Waals surface area (Å²) in [5, 5.41) is 0. The summed E-state index contributed by atoms with van der Waals surface area (Å²) in [6.07, 6.45) is 3.19. The van der Waals surface area contributed by atoms with E-state index in [1.54, 1.807) is 0 Å². The molecule has 84 valence electrons. The van der Waals surface area contributed by atoms with Gasteiger partial charge in [-0.1, -0.05) is 13.8 Å².